The van der Waals surface area contributed by atoms with Gasteiger partial charge in [0.15, 0.2) is 0 Å². The van der Waals surface area contributed by atoms with Crippen molar-refractivity contribution >= 4 is 76.6 Å². The summed E-state index contributed by atoms with van der Waals surface area (Å²) in [6.07, 6.45) is 0. The van der Waals surface area contributed by atoms with E-state index in [1.54, 1.807) is 0 Å². The van der Waals surface area contributed by atoms with Crippen molar-refractivity contribution in [1.29, 1.82) is 0 Å². The van der Waals surface area contributed by atoms with Gasteiger partial charge in [0.2, 0.25) is 0 Å². The second-order valence-electron chi connectivity index (χ2n) is 0. The molecule has 0 spiro atoms. The van der Waals surface area contributed by atoms with Crippen molar-refractivity contribution < 1.29 is 0 Å². The summed E-state index contributed by atoms with van der Waals surface area (Å²) in [6.45, 7) is 0. The van der Waals surface area contributed by atoms with Gasteiger partial charge in [-0.15, -0.1) is 49.6 Å². The van der Waals surface area contributed by atoms with Gasteiger partial charge in [0.1, 0.15) is 0 Å². The Morgan fingerprint density at radius 2 is 0.375 bits per heavy atom. The van der Waals surface area contributed by atoms with Crippen LogP contribution in [0.1, 0.15) is 0 Å². The van der Waals surface area contributed by atoms with Gasteiger partial charge in [-0.2, -0.15) is 0 Å². The Morgan fingerprint density at radius 3 is 0.375 bits per heavy atom. The first-order valence-electron chi connectivity index (χ1n) is 0. The van der Waals surface area contributed by atoms with Gasteiger partial charge in [0, 0.05) is 0 Å². The number of hydrogen-bond donors (Lipinski definition) is 0. The molecule has 48 valence electrons. The third kappa shape index (κ3) is 107. The zero-order valence-corrected chi connectivity index (χ0v) is 8.35. The van der Waals surface area contributed by atoms with Crippen molar-refractivity contribution in [3.63, 3.8) is 0 Å². The van der Waals surface area contributed by atoms with Crippen LogP contribution in [0.25, 0.3) is 0 Å². The molecular formula is C2H4Cl4S2+4. The van der Waals surface area contributed by atoms with Crippen LogP contribution in [0.2, 0.25) is 0 Å². The fraction of sp³-hybridized carbons (Fsp3) is 0. The van der Waals surface area contributed by atoms with E-state index in [4.69, 9.17) is 0 Å². The van der Waals surface area contributed by atoms with Crippen LogP contribution in [-0.4, -0.2) is 0 Å². The Kier molecular flexibility index (Phi) is 4420. The van der Waals surface area contributed by atoms with E-state index in [0.717, 1.165) is 0 Å². The summed E-state index contributed by atoms with van der Waals surface area (Å²) < 4.78 is 0. The molecule has 0 saturated heterocycles. The molecule has 0 radical (unpaired) electrons. The van der Waals surface area contributed by atoms with Gasteiger partial charge < -0.3 is 27.0 Å². The van der Waals surface area contributed by atoms with Gasteiger partial charge in [0.05, 0.1) is 0 Å². The van der Waals surface area contributed by atoms with Crippen molar-refractivity contribution in [3.05, 3.63) is 14.9 Å². The smallest absolute Gasteiger partial charge is 2.00 e. The molecule has 6 heteroatoms. The zero-order chi connectivity index (χ0) is 0. The molecule has 0 aliphatic heterocycles. The first-order valence-corrected chi connectivity index (χ1v) is 0. The topological polar surface area (TPSA) is 0 Å². The summed E-state index contributed by atoms with van der Waals surface area (Å²) in [6, 6.07) is 0. The molecule has 0 N–H and O–H groups in total. The standard InChI is InChI=1S/2C.4ClH.2S/h;;4*1H;;/q2*+4;;;;;2*-2. The van der Waals surface area contributed by atoms with E-state index in [-0.39, 0.29) is 91.5 Å². The Balaban J connectivity index is 0. The molecule has 0 heterocycles. The van der Waals surface area contributed by atoms with Gasteiger partial charge in [-0.25, -0.2) is 0 Å². The SMILES string of the molecule is Cl.Cl.Cl.Cl.[C+4].[C+4].[S-2].[S-2]. The molecule has 0 fully saturated rings. The van der Waals surface area contributed by atoms with Gasteiger partial charge >= 0.3 is 14.9 Å². The summed E-state index contributed by atoms with van der Waals surface area (Å²) in [4.78, 5) is 0. The minimum atomic E-state index is 0. The monoisotopic (exact) mass is 232 g/mol. The summed E-state index contributed by atoms with van der Waals surface area (Å²) in [5.74, 6) is 0. The van der Waals surface area contributed by atoms with Crippen LogP contribution in [0.3, 0.4) is 0 Å². The van der Waals surface area contributed by atoms with Crippen LogP contribution in [0.4, 0.5) is 0 Å². The normalized spacial score (nSPS) is 0. The zero-order valence-electron chi connectivity index (χ0n) is 3.45. The molecular weight excluding hydrogens is 230 g/mol. The van der Waals surface area contributed by atoms with E-state index >= 15 is 0 Å². The Bertz CT molecular complexity index is 12.0. The van der Waals surface area contributed by atoms with E-state index in [1.807, 2.05) is 0 Å². The second kappa shape index (κ2) is 158. The summed E-state index contributed by atoms with van der Waals surface area (Å²) in [7, 11) is 0. The average Bonchev–Trinajstić information content (AvgIpc) is 0. The van der Waals surface area contributed by atoms with Gasteiger partial charge in [-0.1, -0.05) is 0 Å². The molecule has 0 aromatic carbocycles. The predicted octanol–water partition coefficient (Wildman–Crippen LogP) is 1.84. The largest absolute Gasteiger partial charge is 4.00 e. The summed E-state index contributed by atoms with van der Waals surface area (Å²) >= 11 is 0. The molecule has 0 aromatic rings. The fourth-order valence-electron chi connectivity index (χ4n) is 0. The van der Waals surface area contributed by atoms with Crippen molar-refractivity contribution in [3.8, 4) is 0 Å². The van der Waals surface area contributed by atoms with Crippen LogP contribution >= 0.6 is 49.6 Å². The van der Waals surface area contributed by atoms with Gasteiger partial charge in [-0.05, 0) is 0 Å². The van der Waals surface area contributed by atoms with Crippen molar-refractivity contribution in [1.82, 2.24) is 0 Å². The van der Waals surface area contributed by atoms with E-state index < -0.39 is 0 Å². The number of halogens is 4. The van der Waals surface area contributed by atoms with Crippen LogP contribution in [0.15, 0.2) is 0 Å². The van der Waals surface area contributed by atoms with E-state index in [2.05, 4.69) is 0 Å². The third-order valence-electron chi connectivity index (χ3n) is 0. The van der Waals surface area contributed by atoms with E-state index in [0.29, 0.717) is 0 Å². The number of rotatable bonds is 0. The molecule has 0 nitrogen and oxygen atoms in total. The minimum Gasteiger partial charge on any atom is -2.00 e. The third-order valence-corrected chi connectivity index (χ3v) is 0. The van der Waals surface area contributed by atoms with Crippen molar-refractivity contribution in [2.24, 2.45) is 0 Å². The summed E-state index contributed by atoms with van der Waals surface area (Å²) in [5, 5.41) is 0. The molecule has 0 atom stereocenters. The maximum atomic E-state index is 0. The molecule has 0 unspecified atom stereocenters. The Labute approximate surface area is 91.1 Å². The molecule has 0 aliphatic rings. The molecule has 0 aliphatic carbocycles. The van der Waals surface area contributed by atoms with Gasteiger partial charge in [-0.3, -0.25) is 0 Å². The Hall–Kier alpha value is 1.86. The molecule has 8 heavy (non-hydrogen) atoms. The maximum absolute atomic E-state index is 0. The second-order valence-corrected chi connectivity index (χ2v) is 0. The van der Waals surface area contributed by atoms with Crippen molar-refractivity contribution in [2.75, 3.05) is 0 Å². The maximum Gasteiger partial charge on any atom is 4.00 e. The first-order chi connectivity index (χ1) is 0. The van der Waals surface area contributed by atoms with E-state index in [1.165, 1.54) is 0 Å². The first kappa shape index (κ1) is 224. The molecule has 0 saturated carbocycles. The molecule has 0 rings (SSSR count). The van der Waals surface area contributed by atoms with Crippen LogP contribution in [0.5, 0.6) is 0 Å². The predicted molar refractivity (Wildman–Crippen MR) is 50.2 cm³/mol. The van der Waals surface area contributed by atoms with Crippen LogP contribution < -0.4 is 0 Å². The fourth-order valence-corrected chi connectivity index (χ4v) is 0. The Morgan fingerprint density at radius 1 is 0.375 bits per heavy atom. The van der Waals surface area contributed by atoms with E-state index in [9.17, 15) is 0 Å². The van der Waals surface area contributed by atoms with Gasteiger partial charge in [0.25, 0.3) is 0 Å². The average molecular weight is 234 g/mol. The van der Waals surface area contributed by atoms with Crippen LogP contribution in [0, 0.1) is 14.9 Å². The summed E-state index contributed by atoms with van der Waals surface area (Å²) in [5.41, 5.74) is 0. The molecule has 0 amide bonds. The van der Waals surface area contributed by atoms with Crippen molar-refractivity contribution in [2.45, 2.75) is 0 Å². The molecule has 0 aromatic heterocycles. The van der Waals surface area contributed by atoms with Crippen LogP contribution in [-0.2, 0) is 27.0 Å². The number of hydrogen-bond acceptors (Lipinski definition) is 0. The quantitative estimate of drug-likeness (QED) is 0.599. The minimum absolute atomic E-state index is 0. The molecule has 0 bridgehead atoms.